The van der Waals surface area contributed by atoms with Crippen molar-refractivity contribution >= 4 is 47.4 Å². The van der Waals surface area contributed by atoms with Gasteiger partial charge in [-0.15, -0.1) is 24.8 Å². The topological polar surface area (TPSA) is 40.7 Å². The molecule has 1 aliphatic heterocycles. The Morgan fingerprint density at radius 1 is 1.33 bits per heavy atom. The molecule has 70 valence electrons. The minimum absolute atomic E-state index is 0. The van der Waals surface area contributed by atoms with Gasteiger partial charge in [0.1, 0.15) is 3.70 Å². The van der Waals surface area contributed by atoms with E-state index in [2.05, 4.69) is 38.1 Å². The van der Waals surface area contributed by atoms with Crippen LogP contribution < -0.4 is 5.32 Å². The predicted molar refractivity (Wildman–Crippen MR) is 61.2 cm³/mol. The van der Waals surface area contributed by atoms with E-state index in [1.54, 1.807) is 0 Å². The average Bonchev–Trinajstić information content (AvgIpc) is 2.34. The van der Waals surface area contributed by atoms with Crippen molar-refractivity contribution < 1.29 is 0 Å². The zero-order chi connectivity index (χ0) is 6.97. The summed E-state index contributed by atoms with van der Waals surface area (Å²) in [5, 5.41) is 10.5. The molecule has 12 heavy (non-hydrogen) atoms. The van der Waals surface area contributed by atoms with Crippen LogP contribution in [0, 0.1) is 3.70 Å². The van der Waals surface area contributed by atoms with E-state index in [1.807, 2.05) is 0 Å². The minimum atomic E-state index is 0. The van der Waals surface area contributed by atoms with E-state index >= 15 is 0 Å². The number of nitrogens with one attached hydrogen (secondary N) is 2. The first-order valence-electron chi connectivity index (χ1n) is 3.30. The molecule has 1 aliphatic rings. The van der Waals surface area contributed by atoms with Gasteiger partial charge in [0.05, 0.1) is 0 Å². The quantitative estimate of drug-likeness (QED) is 0.711. The Hall–Kier alpha value is 0.480. The summed E-state index contributed by atoms with van der Waals surface area (Å²) in [5.41, 5.74) is 2.66. The summed E-state index contributed by atoms with van der Waals surface area (Å²) in [5.74, 6) is 0. The molecule has 6 heteroatoms. The van der Waals surface area contributed by atoms with E-state index < -0.39 is 0 Å². The monoisotopic (exact) mass is 321 g/mol. The summed E-state index contributed by atoms with van der Waals surface area (Å²) in [6.07, 6.45) is 1.09. The van der Waals surface area contributed by atoms with Gasteiger partial charge in [-0.25, -0.2) is 0 Å². The maximum absolute atomic E-state index is 4.12. The van der Waals surface area contributed by atoms with Crippen LogP contribution in [0.25, 0.3) is 0 Å². The summed E-state index contributed by atoms with van der Waals surface area (Å²) >= 11 is 2.26. The van der Waals surface area contributed by atoms with E-state index in [-0.39, 0.29) is 24.8 Å². The Morgan fingerprint density at radius 2 is 2.08 bits per heavy atom. The lowest BCUT2D eigenvalue weighted by Crippen LogP contribution is -2.23. The van der Waals surface area contributed by atoms with Crippen molar-refractivity contribution in [2.24, 2.45) is 0 Å². The number of halogens is 3. The van der Waals surface area contributed by atoms with Crippen LogP contribution >= 0.6 is 47.4 Å². The average molecular weight is 322 g/mol. The normalized spacial score (nSPS) is 14.1. The van der Waals surface area contributed by atoms with Gasteiger partial charge in [-0.05, 0) is 22.6 Å². The summed E-state index contributed by atoms with van der Waals surface area (Å²) in [4.78, 5) is 0. The van der Waals surface area contributed by atoms with Gasteiger partial charge in [0, 0.05) is 30.8 Å². The van der Waals surface area contributed by atoms with Crippen LogP contribution in [0.5, 0.6) is 0 Å². The maximum atomic E-state index is 4.12. The van der Waals surface area contributed by atoms with Crippen LogP contribution in [-0.4, -0.2) is 16.7 Å². The van der Waals surface area contributed by atoms with E-state index in [0.717, 1.165) is 23.2 Å². The molecule has 0 unspecified atom stereocenters. The second-order valence-corrected chi connectivity index (χ2v) is 3.42. The predicted octanol–water partition coefficient (Wildman–Crippen LogP) is 1.50. The molecule has 0 radical (unpaired) electrons. The fourth-order valence-corrected chi connectivity index (χ4v) is 1.83. The molecule has 3 nitrogen and oxygen atoms in total. The fourth-order valence-electron chi connectivity index (χ4n) is 1.19. The zero-order valence-electron chi connectivity index (χ0n) is 6.26. The summed E-state index contributed by atoms with van der Waals surface area (Å²) < 4.78 is 1.11. The molecule has 0 saturated carbocycles. The van der Waals surface area contributed by atoms with Gasteiger partial charge >= 0.3 is 0 Å². The lowest BCUT2D eigenvalue weighted by atomic mass is 10.1. The smallest absolute Gasteiger partial charge is 0.127 e. The summed E-state index contributed by atoms with van der Waals surface area (Å²) in [6.45, 7) is 2.05. The molecule has 0 aliphatic carbocycles. The zero-order valence-corrected chi connectivity index (χ0v) is 10.1. The van der Waals surface area contributed by atoms with E-state index in [9.17, 15) is 0 Å². The van der Waals surface area contributed by atoms with Crippen LogP contribution in [0.3, 0.4) is 0 Å². The van der Waals surface area contributed by atoms with Gasteiger partial charge in [0.15, 0.2) is 0 Å². The standard InChI is InChI=1S/C6H8IN3.2ClH/c7-6-4-3-8-2-1-5(4)9-10-6;;/h8H,1-3H2,(H,9,10);2*1H. The second kappa shape index (κ2) is 5.26. The van der Waals surface area contributed by atoms with Crippen LogP contribution in [0.15, 0.2) is 0 Å². The van der Waals surface area contributed by atoms with E-state index in [4.69, 9.17) is 0 Å². The second-order valence-electron chi connectivity index (χ2n) is 2.40. The molecule has 0 fully saturated rings. The van der Waals surface area contributed by atoms with Crippen LogP contribution in [0.2, 0.25) is 0 Å². The molecular weight excluding hydrogens is 312 g/mol. The van der Waals surface area contributed by atoms with Crippen molar-refractivity contribution in [3.05, 3.63) is 15.0 Å². The highest BCUT2D eigenvalue weighted by Gasteiger charge is 2.13. The van der Waals surface area contributed by atoms with Gasteiger partial charge in [-0.2, -0.15) is 5.10 Å². The highest BCUT2D eigenvalue weighted by molar-refractivity contribution is 14.1. The minimum Gasteiger partial charge on any atom is -0.312 e. The Morgan fingerprint density at radius 3 is 2.75 bits per heavy atom. The van der Waals surface area contributed by atoms with Gasteiger partial charge in [-0.3, -0.25) is 5.10 Å². The number of H-pyrrole nitrogens is 1. The van der Waals surface area contributed by atoms with Gasteiger partial charge in [-0.1, -0.05) is 0 Å². The third kappa shape index (κ3) is 2.25. The number of hydrogen-bond donors (Lipinski definition) is 2. The molecule has 0 atom stereocenters. The van der Waals surface area contributed by atoms with Crippen molar-refractivity contribution in [2.75, 3.05) is 6.54 Å². The van der Waals surface area contributed by atoms with Crippen molar-refractivity contribution in [2.45, 2.75) is 13.0 Å². The Bertz CT molecular complexity index is 251. The lowest BCUT2D eigenvalue weighted by molar-refractivity contribution is 0.635. The molecule has 2 heterocycles. The first kappa shape index (κ1) is 12.5. The van der Waals surface area contributed by atoms with Gasteiger partial charge in [0.2, 0.25) is 0 Å². The first-order chi connectivity index (χ1) is 4.88. The third-order valence-corrected chi connectivity index (χ3v) is 2.65. The molecular formula is C6H10Cl2IN3. The summed E-state index contributed by atoms with van der Waals surface area (Å²) in [7, 11) is 0. The molecule has 1 aromatic heterocycles. The van der Waals surface area contributed by atoms with Crippen molar-refractivity contribution in [3.8, 4) is 0 Å². The third-order valence-electron chi connectivity index (χ3n) is 1.76. The van der Waals surface area contributed by atoms with Crippen LogP contribution in [0.1, 0.15) is 11.3 Å². The van der Waals surface area contributed by atoms with E-state index in [1.165, 1.54) is 11.3 Å². The number of hydrogen-bond acceptors (Lipinski definition) is 2. The molecule has 0 aromatic carbocycles. The molecule has 0 amide bonds. The first-order valence-corrected chi connectivity index (χ1v) is 4.38. The van der Waals surface area contributed by atoms with Crippen molar-refractivity contribution in [1.82, 2.24) is 15.5 Å². The molecule has 2 rings (SSSR count). The molecule has 0 spiro atoms. The fraction of sp³-hybridized carbons (Fsp3) is 0.500. The highest BCUT2D eigenvalue weighted by atomic mass is 127. The lowest BCUT2D eigenvalue weighted by Gasteiger charge is -2.10. The summed E-state index contributed by atoms with van der Waals surface area (Å²) in [6, 6.07) is 0. The molecule has 0 saturated heterocycles. The number of rotatable bonds is 0. The Balaban J connectivity index is 0.000000605. The Kier molecular flexibility index (Phi) is 5.47. The number of aromatic amines is 1. The van der Waals surface area contributed by atoms with Crippen LogP contribution in [-0.2, 0) is 13.0 Å². The Labute approximate surface area is 97.0 Å². The number of aromatic nitrogens is 2. The SMILES string of the molecule is Cl.Cl.Ic1n[nH]c2c1CNCC2. The number of nitrogens with zero attached hydrogens (tertiary/aromatic N) is 1. The molecule has 2 N–H and O–H groups in total. The van der Waals surface area contributed by atoms with E-state index in [0.29, 0.717) is 0 Å². The van der Waals surface area contributed by atoms with Crippen molar-refractivity contribution in [3.63, 3.8) is 0 Å². The highest BCUT2D eigenvalue weighted by Crippen LogP contribution is 2.16. The maximum Gasteiger partial charge on any atom is 0.127 e. The van der Waals surface area contributed by atoms with Gasteiger partial charge < -0.3 is 5.32 Å². The van der Waals surface area contributed by atoms with Gasteiger partial charge in [0.25, 0.3) is 0 Å². The number of fused-ring (bicyclic) bond motifs is 1. The van der Waals surface area contributed by atoms with Crippen molar-refractivity contribution in [1.29, 1.82) is 0 Å². The molecule has 0 bridgehead atoms. The largest absolute Gasteiger partial charge is 0.312 e. The molecule has 1 aromatic rings. The van der Waals surface area contributed by atoms with Crippen LogP contribution in [0.4, 0.5) is 0 Å².